The molecule has 0 aromatic heterocycles. The van der Waals surface area contributed by atoms with Crippen LogP contribution in [0, 0.1) is 0 Å². The predicted octanol–water partition coefficient (Wildman–Crippen LogP) is 2.28. The first kappa shape index (κ1) is 20.8. The monoisotopic (exact) mass is 306 g/mol. The molecule has 0 aliphatic rings. The number of hydrogen-bond acceptors (Lipinski definition) is 4. The summed E-state index contributed by atoms with van der Waals surface area (Å²) in [7, 11) is 0. The predicted molar refractivity (Wildman–Crippen MR) is 83.9 cm³/mol. The second kappa shape index (κ2) is 10.5. The molecule has 0 aromatic carbocycles. The van der Waals surface area contributed by atoms with Gasteiger partial charge in [0, 0.05) is 25.7 Å². The van der Waals surface area contributed by atoms with Gasteiger partial charge in [-0.05, 0) is 25.7 Å². The van der Waals surface area contributed by atoms with Crippen molar-refractivity contribution in [3.63, 3.8) is 0 Å². The molecule has 0 radical (unpaired) electrons. The molecule has 0 bridgehead atoms. The normalized spacial score (nSPS) is 20.6. The molecule has 0 aliphatic heterocycles. The van der Waals surface area contributed by atoms with E-state index in [0.717, 1.165) is 25.7 Å². The number of rotatable bonds is 12. The lowest BCUT2D eigenvalue weighted by molar-refractivity contribution is -1.08. The molecule has 0 aromatic rings. The maximum atomic E-state index is 10.6. The highest BCUT2D eigenvalue weighted by Crippen LogP contribution is 2.33. The fraction of sp³-hybridized carbons (Fsp3) is 1.00. The molecular formula is C16H36NO4+. The molecule has 0 fully saturated rings. The number of nitrogens with zero attached hydrogens (tertiary/aromatic N) is 1. The van der Waals surface area contributed by atoms with Gasteiger partial charge in [0.25, 0.3) is 0 Å². The molecule has 0 heterocycles. The summed E-state index contributed by atoms with van der Waals surface area (Å²) in [5, 5.41) is 42.6. The van der Waals surface area contributed by atoms with Gasteiger partial charge in [-0.25, -0.2) is 4.48 Å². The van der Waals surface area contributed by atoms with Crippen LogP contribution in [0.15, 0.2) is 0 Å². The Balaban J connectivity index is 5.67. The van der Waals surface area contributed by atoms with E-state index in [2.05, 4.69) is 0 Å². The SMILES string of the molecule is CCCC(O)[N+](C(O)CCC)(C(O)CCC)C(O)CCC. The van der Waals surface area contributed by atoms with Crippen molar-refractivity contribution >= 4 is 0 Å². The average molecular weight is 306 g/mol. The average Bonchev–Trinajstić information content (AvgIpc) is 2.40. The van der Waals surface area contributed by atoms with Crippen molar-refractivity contribution in [1.29, 1.82) is 0 Å². The van der Waals surface area contributed by atoms with E-state index in [1.165, 1.54) is 0 Å². The zero-order valence-electron chi connectivity index (χ0n) is 14.2. The highest BCUT2D eigenvalue weighted by Gasteiger charge is 2.52. The van der Waals surface area contributed by atoms with Gasteiger partial charge in [-0.2, -0.15) is 0 Å². The first-order chi connectivity index (χ1) is 9.93. The van der Waals surface area contributed by atoms with Crippen LogP contribution in [0.2, 0.25) is 0 Å². The number of aliphatic hydroxyl groups is 4. The van der Waals surface area contributed by atoms with Crippen LogP contribution in [-0.4, -0.2) is 49.8 Å². The van der Waals surface area contributed by atoms with E-state index in [4.69, 9.17) is 0 Å². The fourth-order valence-electron chi connectivity index (χ4n) is 3.12. The lowest BCUT2D eigenvalue weighted by Crippen LogP contribution is -2.71. The molecule has 128 valence electrons. The smallest absolute Gasteiger partial charge is 0.196 e. The van der Waals surface area contributed by atoms with Crippen molar-refractivity contribution in [1.82, 2.24) is 0 Å². The van der Waals surface area contributed by atoms with Gasteiger partial charge < -0.3 is 20.4 Å². The fourth-order valence-corrected chi connectivity index (χ4v) is 3.12. The second-order valence-electron chi connectivity index (χ2n) is 5.97. The van der Waals surface area contributed by atoms with Crippen LogP contribution < -0.4 is 0 Å². The first-order valence-electron chi connectivity index (χ1n) is 8.53. The molecule has 0 saturated carbocycles. The van der Waals surface area contributed by atoms with Crippen molar-refractivity contribution in [2.24, 2.45) is 0 Å². The maximum absolute atomic E-state index is 10.6. The molecule has 4 N–H and O–H groups in total. The molecular weight excluding hydrogens is 270 g/mol. The molecule has 21 heavy (non-hydrogen) atoms. The zero-order valence-corrected chi connectivity index (χ0v) is 14.2. The molecule has 5 heteroatoms. The van der Waals surface area contributed by atoms with Crippen molar-refractivity contribution in [2.45, 2.75) is 104 Å². The highest BCUT2D eigenvalue weighted by molar-refractivity contribution is 4.61. The quantitative estimate of drug-likeness (QED) is 0.329. The summed E-state index contributed by atoms with van der Waals surface area (Å²) in [4.78, 5) is 0. The molecule has 4 unspecified atom stereocenters. The third kappa shape index (κ3) is 4.89. The van der Waals surface area contributed by atoms with E-state index in [1.54, 1.807) is 0 Å². The lowest BCUT2D eigenvalue weighted by Gasteiger charge is -2.51. The van der Waals surface area contributed by atoms with Gasteiger partial charge in [-0.1, -0.05) is 27.7 Å². The Morgan fingerprint density at radius 3 is 0.857 bits per heavy atom. The van der Waals surface area contributed by atoms with E-state index >= 15 is 0 Å². The molecule has 0 rings (SSSR count). The van der Waals surface area contributed by atoms with Crippen LogP contribution in [-0.2, 0) is 0 Å². The molecule has 4 atom stereocenters. The number of aliphatic hydroxyl groups excluding tert-OH is 4. The molecule has 0 aliphatic carbocycles. The summed E-state index contributed by atoms with van der Waals surface area (Å²) in [6.07, 6.45) is 0.888. The summed E-state index contributed by atoms with van der Waals surface area (Å²) in [6.45, 7) is 7.79. The summed E-state index contributed by atoms with van der Waals surface area (Å²) < 4.78 is -0.413. The summed E-state index contributed by atoms with van der Waals surface area (Å²) in [5.41, 5.74) is 0. The number of quaternary nitrogens is 1. The van der Waals surface area contributed by atoms with Gasteiger partial charge >= 0.3 is 0 Å². The summed E-state index contributed by atoms with van der Waals surface area (Å²) >= 11 is 0. The van der Waals surface area contributed by atoms with Gasteiger partial charge in [0.2, 0.25) is 0 Å². The number of hydrogen-bond donors (Lipinski definition) is 4. The Kier molecular flexibility index (Phi) is 10.4. The van der Waals surface area contributed by atoms with Crippen LogP contribution in [0.3, 0.4) is 0 Å². The largest absolute Gasteiger partial charge is 0.345 e. The summed E-state index contributed by atoms with van der Waals surface area (Å²) in [5.74, 6) is 0. The minimum absolute atomic E-state index is 0.413. The molecule has 5 nitrogen and oxygen atoms in total. The van der Waals surface area contributed by atoms with Crippen molar-refractivity contribution in [3.8, 4) is 0 Å². The van der Waals surface area contributed by atoms with Gasteiger partial charge in [0.05, 0.1) is 0 Å². The van der Waals surface area contributed by atoms with Crippen LogP contribution in [0.1, 0.15) is 79.1 Å². The van der Waals surface area contributed by atoms with Gasteiger partial charge in [0.15, 0.2) is 24.9 Å². The van der Waals surface area contributed by atoms with Crippen molar-refractivity contribution in [2.75, 3.05) is 0 Å². The third-order valence-electron chi connectivity index (χ3n) is 4.25. The van der Waals surface area contributed by atoms with Gasteiger partial charge in [-0.3, -0.25) is 0 Å². The Labute approximate surface area is 129 Å². The van der Waals surface area contributed by atoms with Crippen LogP contribution >= 0.6 is 0 Å². The topological polar surface area (TPSA) is 80.9 Å². The Hall–Kier alpha value is -0.200. The Morgan fingerprint density at radius 1 is 0.524 bits per heavy atom. The summed E-state index contributed by atoms with van der Waals surface area (Å²) in [6, 6.07) is 0. The van der Waals surface area contributed by atoms with E-state index < -0.39 is 29.4 Å². The van der Waals surface area contributed by atoms with Gasteiger partial charge in [0.1, 0.15) is 0 Å². The Bertz CT molecular complexity index is 209. The van der Waals surface area contributed by atoms with Crippen LogP contribution in [0.4, 0.5) is 0 Å². The molecule has 0 spiro atoms. The third-order valence-corrected chi connectivity index (χ3v) is 4.25. The zero-order chi connectivity index (χ0) is 16.5. The van der Waals surface area contributed by atoms with Crippen LogP contribution in [0.25, 0.3) is 0 Å². The minimum Gasteiger partial charge on any atom is -0.345 e. The molecule has 0 saturated heterocycles. The van der Waals surface area contributed by atoms with E-state index in [-0.39, 0.29) is 0 Å². The maximum Gasteiger partial charge on any atom is 0.196 e. The van der Waals surface area contributed by atoms with E-state index in [0.29, 0.717) is 25.7 Å². The highest BCUT2D eigenvalue weighted by atomic mass is 16.4. The van der Waals surface area contributed by atoms with Crippen molar-refractivity contribution in [3.05, 3.63) is 0 Å². The lowest BCUT2D eigenvalue weighted by atomic mass is 10.0. The van der Waals surface area contributed by atoms with E-state index in [9.17, 15) is 20.4 Å². The first-order valence-corrected chi connectivity index (χ1v) is 8.53. The van der Waals surface area contributed by atoms with Crippen LogP contribution in [0.5, 0.6) is 0 Å². The Morgan fingerprint density at radius 2 is 0.714 bits per heavy atom. The van der Waals surface area contributed by atoms with E-state index in [1.807, 2.05) is 27.7 Å². The van der Waals surface area contributed by atoms with Crippen molar-refractivity contribution < 1.29 is 24.9 Å². The second-order valence-corrected chi connectivity index (χ2v) is 5.97. The minimum atomic E-state index is -0.959. The standard InChI is InChI=1S/C16H36NO4/c1-5-9-13(18)17(14(19)10-6-2,15(20)11-7-3)16(21)12-8-4/h13-16,18-21H,5-12H2,1-4H3/q+1. The molecule has 0 amide bonds. The van der Waals surface area contributed by atoms with Gasteiger partial charge in [-0.15, -0.1) is 0 Å².